The van der Waals surface area contributed by atoms with E-state index in [0.29, 0.717) is 25.2 Å². The number of nitrogens with zero attached hydrogens (tertiary/aromatic N) is 1. The molecule has 4 rings (SSSR count). The lowest BCUT2D eigenvalue weighted by atomic mass is 9.83. The SMILES string of the molecule is COc1cc(CN2CC(C(=O)NCCc3ccccc3)CC(c3ccc(F)c(C)c3)C2)cc(OC)c1. The number of carbonyl (C=O) groups is 1. The van der Waals surface area contributed by atoms with E-state index in [4.69, 9.17) is 9.47 Å². The van der Waals surface area contributed by atoms with Crippen LogP contribution in [0.2, 0.25) is 0 Å². The van der Waals surface area contributed by atoms with Crippen LogP contribution in [0.1, 0.15) is 34.6 Å². The zero-order valence-corrected chi connectivity index (χ0v) is 21.3. The number of carbonyl (C=O) groups excluding carboxylic acids is 1. The number of hydrogen-bond donors (Lipinski definition) is 1. The Morgan fingerprint density at radius 3 is 2.36 bits per heavy atom. The third-order valence-electron chi connectivity index (χ3n) is 6.92. The summed E-state index contributed by atoms with van der Waals surface area (Å²) < 4.78 is 24.8. The van der Waals surface area contributed by atoms with Crippen molar-refractivity contribution < 1.29 is 18.7 Å². The fourth-order valence-electron chi connectivity index (χ4n) is 5.01. The Labute approximate surface area is 213 Å². The van der Waals surface area contributed by atoms with Crippen LogP contribution in [-0.4, -0.2) is 44.7 Å². The minimum atomic E-state index is -0.204. The lowest BCUT2D eigenvalue weighted by Gasteiger charge is -2.37. The lowest BCUT2D eigenvalue weighted by Crippen LogP contribution is -2.45. The Morgan fingerprint density at radius 2 is 1.69 bits per heavy atom. The van der Waals surface area contributed by atoms with Gasteiger partial charge in [0, 0.05) is 32.2 Å². The van der Waals surface area contributed by atoms with Crippen molar-refractivity contribution in [1.82, 2.24) is 10.2 Å². The van der Waals surface area contributed by atoms with E-state index in [-0.39, 0.29) is 23.6 Å². The van der Waals surface area contributed by atoms with E-state index in [1.54, 1.807) is 21.1 Å². The zero-order chi connectivity index (χ0) is 25.5. The van der Waals surface area contributed by atoms with Crippen LogP contribution >= 0.6 is 0 Å². The van der Waals surface area contributed by atoms with Crippen LogP contribution in [-0.2, 0) is 17.8 Å². The van der Waals surface area contributed by atoms with Crippen LogP contribution in [0.15, 0.2) is 66.7 Å². The zero-order valence-electron chi connectivity index (χ0n) is 21.3. The minimum Gasteiger partial charge on any atom is -0.497 e. The molecule has 1 saturated heterocycles. The molecule has 3 aromatic rings. The number of hydrogen-bond acceptors (Lipinski definition) is 4. The van der Waals surface area contributed by atoms with E-state index in [9.17, 15) is 9.18 Å². The first-order valence-electron chi connectivity index (χ1n) is 12.5. The molecule has 0 aliphatic carbocycles. The fourth-order valence-corrected chi connectivity index (χ4v) is 5.01. The summed E-state index contributed by atoms with van der Waals surface area (Å²) in [7, 11) is 3.28. The van der Waals surface area contributed by atoms with Gasteiger partial charge >= 0.3 is 0 Å². The molecule has 1 aliphatic heterocycles. The summed E-state index contributed by atoms with van der Waals surface area (Å²) in [5.41, 5.74) is 3.97. The summed E-state index contributed by atoms with van der Waals surface area (Å²) in [4.78, 5) is 15.6. The van der Waals surface area contributed by atoms with Crippen LogP contribution in [0.3, 0.4) is 0 Å². The van der Waals surface area contributed by atoms with Crippen molar-refractivity contribution in [3.8, 4) is 11.5 Å². The predicted octanol–water partition coefficient (Wildman–Crippen LogP) is 5.12. The van der Waals surface area contributed by atoms with Crippen LogP contribution in [0.25, 0.3) is 0 Å². The molecule has 1 heterocycles. The maximum atomic E-state index is 14.0. The monoisotopic (exact) mass is 490 g/mol. The normalized spacial score (nSPS) is 18.0. The van der Waals surface area contributed by atoms with Crippen molar-refractivity contribution in [3.63, 3.8) is 0 Å². The van der Waals surface area contributed by atoms with Gasteiger partial charge in [0.1, 0.15) is 17.3 Å². The molecule has 1 aliphatic rings. The van der Waals surface area contributed by atoms with Gasteiger partial charge in [0.2, 0.25) is 5.91 Å². The number of rotatable bonds is 9. The first-order valence-corrected chi connectivity index (χ1v) is 12.5. The molecular formula is C30H35FN2O3. The van der Waals surface area contributed by atoms with E-state index in [1.165, 1.54) is 11.6 Å². The summed E-state index contributed by atoms with van der Waals surface area (Å²) in [6.07, 6.45) is 1.54. The number of piperidine rings is 1. The smallest absolute Gasteiger partial charge is 0.224 e. The van der Waals surface area contributed by atoms with Crippen molar-refractivity contribution in [3.05, 3.63) is 94.8 Å². The van der Waals surface area contributed by atoms with Gasteiger partial charge in [0.25, 0.3) is 0 Å². The Morgan fingerprint density at radius 1 is 0.972 bits per heavy atom. The topological polar surface area (TPSA) is 50.8 Å². The van der Waals surface area contributed by atoms with Crippen LogP contribution in [0.4, 0.5) is 4.39 Å². The summed E-state index contributed by atoms with van der Waals surface area (Å²) >= 11 is 0. The maximum absolute atomic E-state index is 14.0. The average molecular weight is 491 g/mol. The second kappa shape index (κ2) is 12.0. The lowest BCUT2D eigenvalue weighted by molar-refractivity contribution is -0.127. The molecule has 0 spiro atoms. The molecule has 2 atom stereocenters. The third kappa shape index (κ3) is 6.64. The fraction of sp³-hybridized carbons (Fsp3) is 0.367. The number of nitrogens with one attached hydrogen (secondary N) is 1. The Bertz CT molecular complexity index is 1150. The highest BCUT2D eigenvalue weighted by Crippen LogP contribution is 2.33. The number of benzene rings is 3. The number of methoxy groups -OCH3 is 2. The van der Waals surface area contributed by atoms with Crippen molar-refractivity contribution in [1.29, 1.82) is 0 Å². The first-order chi connectivity index (χ1) is 17.4. The van der Waals surface area contributed by atoms with Gasteiger partial charge in [0.05, 0.1) is 20.1 Å². The Balaban J connectivity index is 1.50. The van der Waals surface area contributed by atoms with Crippen molar-refractivity contribution >= 4 is 5.91 Å². The molecule has 1 amide bonds. The van der Waals surface area contributed by atoms with Gasteiger partial charge in [-0.25, -0.2) is 4.39 Å². The van der Waals surface area contributed by atoms with Gasteiger partial charge in [-0.1, -0.05) is 42.5 Å². The van der Waals surface area contributed by atoms with Gasteiger partial charge in [-0.05, 0) is 66.1 Å². The highest BCUT2D eigenvalue weighted by Gasteiger charge is 2.32. The van der Waals surface area contributed by atoms with Crippen molar-refractivity contribution in [2.75, 3.05) is 33.9 Å². The van der Waals surface area contributed by atoms with Gasteiger partial charge < -0.3 is 14.8 Å². The standard InChI is InChI=1S/C30H35FN2O3/c1-21-13-24(9-10-29(21)31)25-16-26(30(34)32-12-11-22-7-5-4-6-8-22)20-33(19-25)18-23-14-27(35-2)17-28(15-23)36-3/h4-10,13-15,17,25-26H,11-12,16,18-20H2,1-3H3,(H,32,34). The quantitative estimate of drug-likeness (QED) is 0.453. The van der Waals surface area contributed by atoms with Gasteiger partial charge in [-0.3, -0.25) is 9.69 Å². The van der Waals surface area contributed by atoms with E-state index in [1.807, 2.05) is 48.5 Å². The highest BCUT2D eigenvalue weighted by molar-refractivity contribution is 5.79. The molecule has 1 fully saturated rings. The molecular weight excluding hydrogens is 455 g/mol. The van der Waals surface area contributed by atoms with Crippen LogP contribution < -0.4 is 14.8 Å². The largest absolute Gasteiger partial charge is 0.497 e. The first kappa shape index (κ1) is 25.7. The number of likely N-dealkylation sites (tertiary alicyclic amines) is 1. The molecule has 0 aromatic heterocycles. The Hall–Kier alpha value is -3.38. The maximum Gasteiger partial charge on any atom is 0.224 e. The molecule has 0 bridgehead atoms. The number of halogens is 1. The van der Waals surface area contributed by atoms with Gasteiger partial charge in [0.15, 0.2) is 0 Å². The van der Waals surface area contributed by atoms with Crippen LogP contribution in [0.5, 0.6) is 11.5 Å². The number of amides is 1. The molecule has 5 nitrogen and oxygen atoms in total. The van der Waals surface area contributed by atoms with E-state index in [2.05, 4.69) is 22.3 Å². The van der Waals surface area contributed by atoms with Crippen molar-refractivity contribution in [2.45, 2.75) is 32.2 Å². The summed E-state index contributed by atoms with van der Waals surface area (Å²) in [6, 6.07) is 21.3. The van der Waals surface area contributed by atoms with E-state index in [0.717, 1.165) is 42.0 Å². The molecule has 36 heavy (non-hydrogen) atoms. The molecule has 1 N–H and O–H groups in total. The molecule has 6 heteroatoms. The summed E-state index contributed by atoms with van der Waals surface area (Å²) in [5, 5.41) is 3.15. The van der Waals surface area contributed by atoms with Gasteiger partial charge in [-0.15, -0.1) is 0 Å². The third-order valence-corrected chi connectivity index (χ3v) is 6.92. The molecule has 3 aromatic carbocycles. The molecule has 0 radical (unpaired) electrons. The van der Waals surface area contributed by atoms with Crippen LogP contribution in [0, 0.1) is 18.7 Å². The predicted molar refractivity (Wildman–Crippen MR) is 140 cm³/mol. The number of ether oxygens (including phenoxy) is 2. The molecule has 2 unspecified atom stereocenters. The summed E-state index contributed by atoms with van der Waals surface area (Å²) in [5.74, 6) is 1.32. The second-order valence-electron chi connectivity index (χ2n) is 9.58. The minimum absolute atomic E-state index is 0.0719. The Kier molecular flexibility index (Phi) is 8.60. The van der Waals surface area contributed by atoms with Gasteiger partial charge in [-0.2, -0.15) is 0 Å². The highest BCUT2D eigenvalue weighted by atomic mass is 19.1. The molecule has 190 valence electrons. The van der Waals surface area contributed by atoms with Crippen molar-refractivity contribution in [2.24, 2.45) is 5.92 Å². The average Bonchev–Trinajstić information content (AvgIpc) is 2.90. The molecule has 0 saturated carbocycles. The second-order valence-corrected chi connectivity index (χ2v) is 9.58. The van der Waals surface area contributed by atoms with E-state index < -0.39 is 0 Å². The van der Waals surface area contributed by atoms with E-state index >= 15 is 0 Å². The summed E-state index contributed by atoms with van der Waals surface area (Å²) in [6.45, 7) is 4.51. The number of aryl methyl sites for hydroxylation is 1.